The molecule has 0 saturated carbocycles. The Labute approximate surface area is 174 Å². The number of fused-ring (bicyclic) bond motifs is 1. The van der Waals surface area contributed by atoms with Gasteiger partial charge in [0.1, 0.15) is 11.5 Å². The van der Waals surface area contributed by atoms with Crippen molar-refractivity contribution in [2.75, 3.05) is 0 Å². The highest BCUT2D eigenvalue weighted by Crippen LogP contribution is 2.34. The molecule has 3 nitrogen and oxygen atoms in total. The summed E-state index contributed by atoms with van der Waals surface area (Å²) < 4.78 is 17.2. The molecule has 2 aromatic carbocycles. The Bertz CT molecular complexity index is 1120. The number of aromatic nitrogens is 1. The van der Waals surface area contributed by atoms with E-state index in [1.54, 1.807) is 23.5 Å². The van der Waals surface area contributed by atoms with Crippen LogP contribution in [0.2, 0.25) is 0 Å². The average molecular weight is 457 g/mol. The van der Waals surface area contributed by atoms with Crippen molar-refractivity contribution in [3.05, 3.63) is 93.2 Å². The summed E-state index contributed by atoms with van der Waals surface area (Å²) in [7, 11) is 0. The first-order valence-electron chi connectivity index (χ1n) is 8.89. The summed E-state index contributed by atoms with van der Waals surface area (Å²) in [6.45, 7) is 2.46. The maximum Gasteiger partial charge on any atom is 0.268 e. The van der Waals surface area contributed by atoms with Crippen LogP contribution < -0.4 is 5.32 Å². The van der Waals surface area contributed by atoms with Crippen LogP contribution in [-0.4, -0.2) is 10.5 Å². The Morgan fingerprint density at radius 1 is 1.18 bits per heavy atom. The zero-order valence-corrected chi connectivity index (χ0v) is 17.6. The lowest BCUT2D eigenvalue weighted by Crippen LogP contribution is -2.28. The minimum absolute atomic E-state index is 0.107. The monoisotopic (exact) mass is 456 g/mol. The van der Waals surface area contributed by atoms with E-state index in [0.29, 0.717) is 12.2 Å². The number of carbonyl (C=O) groups excluding carboxylic acids is 1. The van der Waals surface area contributed by atoms with Crippen LogP contribution in [0, 0.1) is 5.82 Å². The molecular formula is C22H18BrFN2OS. The van der Waals surface area contributed by atoms with Crippen molar-refractivity contribution in [1.29, 1.82) is 0 Å². The molecule has 4 rings (SSSR count). The predicted molar refractivity (Wildman–Crippen MR) is 115 cm³/mol. The van der Waals surface area contributed by atoms with Crippen LogP contribution >= 0.6 is 27.3 Å². The van der Waals surface area contributed by atoms with Gasteiger partial charge in [-0.3, -0.25) is 4.79 Å². The van der Waals surface area contributed by atoms with Crippen molar-refractivity contribution < 1.29 is 9.18 Å². The SMILES string of the molecule is CC(NC(=O)c1cc2scc(Br)c2n1Cc1ccc(F)cc1)c1ccccc1. The van der Waals surface area contributed by atoms with Gasteiger partial charge in [-0.1, -0.05) is 42.5 Å². The van der Waals surface area contributed by atoms with Crippen molar-refractivity contribution in [2.45, 2.75) is 19.5 Å². The Morgan fingerprint density at radius 2 is 1.89 bits per heavy atom. The van der Waals surface area contributed by atoms with Crippen molar-refractivity contribution in [2.24, 2.45) is 0 Å². The van der Waals surface area contributed by atoms with E-state index in [2.05, 4.69) is 21.2 Å². The Balaban J connectivity index is 1.68. The van der Waals surface area contributed by atoms with Crippen molar-refractivity contribution in [3.63, 3.8) is 0 Å². The summed E-state index contributed by atoms with van der Waals surface area (Å²) in [6.07, 6.45) is 0. The fourth-order valence-electron chi connectivity index (χ4n) is 3.25. The van der Waals surface area contributed by atoms with Crippen LogP contribution in [0.3, 0.4) is 0 Å². The number of amides is 1. The molecule has 142 valence electrons. The van der Waals surface area contributed by atoms with Gasteiger partial charge in [0.15, 0.2) is 0 Å². The number of rotatable bonds is 5. The molecule has 0 fully saturated rings. The van der Waals surface area contributed by atoms with Gasteiger partial charge in [-0.25, -0.2) is 4.39 Å². The highest BCUT2D eigenvalue weighted by Gasteiger charge is 2.20. The minimum atomic E-state index is -0.271. The maximum absolute atomic E-state index is 13.3. The molecule has 1 amide bonds. The zero-order chi connectivity index (χ0) is 19.7. The second kappa shape index (κ2) is 7.89. The van der Waals surface area contributed by atoms with Crippen molar-refractivity contribution in [1.82, 2.24) is 9.88 Å². The number of halogens is 2. The van der Waals surface area contributed by atoms with Crippen LogP contribution in [0.5, 0.6) is 0 Å². The van der Waals surface area contributed by atoms with E-state index in [1.807, 2.05) is 53.3 Å². The lowest BCUT2D eigenvalue weighted by atomic mass is 10.1. The van der Waals surface area contributed by atoms with Crippen LogP contribution in [0.15, 0.2) is 70.5 Å². The first-order valence-corrected chi connectivity index (χ1v) is 10.6. The predicted octanol–water partition coefficient (Wildman–Crippen LogP) is 6.14. The molecule has 0 aliphatic rings. The van der Waals surface area contributed by atoms with Gasteiger partial charge in [0, 0.05) is 11.9 Å². The molecule has 1 atom stereocenters. The largest absolute Gasteiger partial charge is 0.344 e. The van der Waals surface area contributed by atoms with Crippen LogP contribution in [0.25, 0.3) is 10.2 Å². The molecule has 6 heteroatoms. The van der Waals surface area contributed by atoms with Gasteiger partial charge in [-0.2, -0.15) is 0 Å². The van der Waals surface area contributed by atoms with Gasteiger partial charge in [0.05, 0.1) is 20.7 Å². The maximum atomic E-state index is 13.3. The average Bonchev–Trinajstić information content (AvgIpc) is 3.24. The first-order chi connectivity index (χ1) is 13.5. The second-order valence-corrected chi connectivity index (χ2v) is 8.41. The van der Waals surface area contributed by atoms with E-state index in [1.165, 1.54) is 12.1 Å². The highest BCUT2D eigenvalue weighted by atomic mass is 79.9. The number of carbonyl (C=O) groups is 1. The third-order valence-electron chi connectivity index (χ3n) is 4.71. The number of nitrogens with zero attached hydrogens (tertiary/aromatic N) is 1. The van der Waals surface area contributed by atoms with E-state index in [9.17, 15) is 9.18 Å². The summed E-state index contributed by atoms with van der Waals surface area (Å²) in [4.78, 5) is 13.1. The third-order valence-corrected chi connectivity index (χ3v) is 6.54. The molecule has 1 unspecified atom stereocenters. The van der Waals surface area contributed by atoms with Gasteiger partial charge in [0.25, 0.3) is 5.91 Å². The standard InChI is InChI=1S/C22H18BrFN2OS/c1-14(16-5-3-2-4-6-16)25-22(27)19-11-20-21(18(23)13-28-20)26(19)12-15-7-9-17(24)10-8-15/h2-11,13-14H,12H2,1H3,(H,25,27). The number of hydrogen-bond acceptors (Lipinski definition) is 2. The molecule has 28 heavy (non-hydrogen) atoms. The fourth-order valence-corrected chi connectivity index (χ4v) is 4.94. The number of nitrogens with one attached hydrogen (secondary N) is 1. The second-order valence-electron chi connectivity index (χ2n) is 6.64. The highest BCUT2D eigenvalue weighted by molar-refractivity contribution is 9.10. The summed E-state index contributed by atoms with van der Waals surface area (Å²) in [5.74, 6) is -0.401. The van der Waals surface area contributed by atoms with E-state index in [4.69, 9.17) is 0 Å². The lowest BCUT2D eigenvalue weighted by molar-refractivity contribution is 0.0931. The van der Waals surface area contributed by atoms with Crippen LogP contribution in [0.4, 0.5) is 4.39 Å². The van der Waals surface area contributed by atoms with E-state index in [-0.39, 0.29) is 17.8 Å². The molecule has 0 saturated heterocycles. The normalized spacial score (nSPS) is 12.2. The molecule has 2 aromatic heterocycles. The molecule has 0 aliphatic heterocycles. The van der Waals surface area contributed by atoms with Gasteiger partial charge in [-0.15, -0.1) is 11.3 Å². The molecule has 4 aromatic rings. The fraction of sp³-hybridized carbons (Fsp3) is 0.136. The van der Waals surface area contributed by atoms with Gasteiger partial charge < -0.3 is 9.88 Å². The van der Waals surface area contributed by atoms with Crippen molar-refractivity contribution >= 4 is 43.4 Å². The summed E-state index contributed by atoms with van der Waals surface area (Å²) in [5, 5.41) is 5.10. The zero-order valence-electron chi connectivity index (χ0n) is 15.2. The molecule has 1 N–H and O–H groups in total. The van der Waals surface area contributed by atoms with Gasteiger partial charge >= 0.3 is 0 Å². The molecular weight excluding hydrogens is 439 g/mol. The van der Waals surface area contributed by atoms with Crippen LogP contribution in [0.1, 0.15) is 34.6 Å². The van der Waals surface area contributed by atoms with E-state index < -0.39 is 0 Å². The number of benzene rings is 2. The Kier molecular flexibility index (Phi) is 5.33. The van der Waals surface area contributed by atoms with Gasteiger partial charge in [-0.05, 0) is 52.2 Å². The number of thiophene rings is 1. The topological polar surface area (TPSA) is 34.0 Å². The summed E-state index contributed by atoms with van der Waals surface area (Å²) in [5.41, 5.74) is 3.55. The molecule has 0 aliphatic carbocycles. The molecule has 2 heterocycles. The minimum Gasteiger partial charge on any atom is -0.344 e. The molecule has 0 radical (unpaired) electrons. The van der Waals surface area contributed by atoms with Crippen LogP contribution in [-0.2, 0) is 6.54 Å². The van der Waals surface area contributed by atoms with Gasteiger partial charge in [0.2, 0.25) is 0 Å². The summed E-state index contributed by atoms with van der Waals surface area (Å²) >= 11 is 5.18. The van der Waals surface area contributed by atoms with E-state index >= 15 is 0 Å². The Hall–Kier alpha value is -2.44. The number of hydrogen-bond donors (Lipinski definition) is 1. The smallest absolute Gasteiger partial charge is 0.268 e. The summed E-state index contributed by atoms with van der Waals surface area (Å²) in [6, 6.07) is 18.1. The quantitative estimate of drug-likeness (QED) is 0.384. The van der Waals surface area contributed by atoms with Crippen molar-refractivity contribution in [3.8, 4) is 0 Å². The molecule has 0 bridgehead atoms. The third kappa shape index (κ3) is 3.75. The lowest BCUT2D eigenvalue weighted by Gasteiger charge is -2.16. The first kappa shape index (κ1) is 18.9. The Morgan fingerprint density at radius 3 is 2.61 bits per heavy atom. The van der Waals surface area contributed by atoms with E-state index in [0.717, 1.165) is 25.8 Å². The molecule has 0 spiro atoms.